The van der Waals surface area contributed by atoms with Crippen LogP contribution in [0.1, 0.15) is 11.1 Å². The Balaban J connectivity index is 2.02. The zero-order valence-corrected chi connectivity index (χ0v) is 17.9. The minimum Gasteiger partial charge on any atom is -0.497 e. The lowest BCUT2D eigenvalue weighted by atomic mass is 9.96. The predicted octanol–water partition coefficient (Wildman–Crippen LogP) is 3.24. The summed E-state index contributed by atoms with van der Waals surface area (Å²) in [7, 11) is 0.826. The van der Waals surface area contributed by atoms with Crippen molar-refractivity contribution in [1.82, 2.24) is 13.0 Å². The number of benzene rings is 2. The smallest absolute Gasteiger partial charge is 0.290 e. The molecule has 0 radical (unpaired) electrons. The highest BCUT2D eigenvalue weighted by Gasteiger charge is 2.21. The Morgan fingerprint density at radius 1 is 1.17 bits per heavy atom. The first-order valence-electron chi connectivity index (χ1n) is 8.63. The van der Waals surface area contributed by atoms with Crippen molar-refractivity contribution in [2.45, 2.75) is 6.54 Å². The van der Waals surface area contributed by atoms with Crippen LogP contribution in [-0.2, 0) is 16.8 Å². The van der Waals surface area contributed by atoms with Gasteiger partial charge in [-0.2, -0.15) is 18.0 Å². The minimum atomic E-state index is -3.62. The van der Waals surface area contributed by atoms with E-state index >= 15 is 0 Å². The monoisotopic (exact) mass is 428 g/mol. The van der Waals surface area contributed by atoms with Gasteiger partial charge in [-0.1, -0.05) is 37.1 Å². The van der Waals surface area contributed by atoms with Crippen molar-refractivity contribution in [2.75, 3.05) is 21.2 Å². The first kappa shape index (κ1) is 21.1. The second kappa shape index (κ2) is 8.39. The number of nitriles is 1. The quantitative estimate of drug-likeness (QED) is 0.609. The van der Waals surface area contributed by atoms with Gasteiger partial charge < -0.3 is 4.74 Å². The lowest BCUT2D eigenvalue weighted by Gasteiger charge is -2.20. The highest BCUT2D eigenvalue weighted by molar-refractivity contribution is 7.98. The number of nitrogens with zero attached hydrogens (tertiary/aromatic N) is 4. The van der Waals surface area contributed by atoms with Crippen LogP contribution in [0.15, 0.2) is 48.7 Å². The van der Waals surface area contributed by atoms with Crippen LogP contribution in [0.3, 0.4) is 0 Å². The maximum absolute atomic E-state index is 12.1. The van der Waals surface area contributed by atoms with E-state index in [0.717, 1.165) is 31.3 Å². The van der Waals surface area contributed by atoms with Crippen molar-refractivity contribution < 1.29 is 13.2 Å². The fraction of sp³-hybridized carbons (Fsp3) is 0.200. The minimum absolute atomic E-state index is 0.198. The van der Waals surface area contributed by atoms with E-state index in [4.69, 9.17) is 4.74 Å². The largest absolute Gasteiger partial charge is 0.497 e. The Bertz CT molecular complexity index is 1190. The number of ether oxygens (including phenoxy) is 1. The molecule has 0 bridgehead atoms. The summed E-state index contributed by atoms with van der Waals surface area (Å²) >= 11 is 3.88. The first-order valence-corrected chi connectivity index (χ1v) is 10.4. The van der Waals surface area contributed by atoms with E-state index in [0.29, 0.717) is 11.3 Å². The normalized spacial score (nSPS) is 11.8. The van der Waals surface area contributed by atoms with Crippen LogP contribution in [0.2, 0.25) is 0 Å². The third kappa shape index (κ3) is 4.21. The summed E-state index contributed by atoms with van der Waals surface area (Å²) in [5.74, 6) is 0.676. The molecule has 0 saturated heterocycles. The van der Waals surface area contributed by atoms with Crippen LogP contribution in [0, 0.1) is 11.3 Å². The second-order valence-corrected chi connectivity index (χ2v) is 9.37. The lowest BCUT2D eigenvalue weighted by molar-refractivity contribution is 0.415. The Morgan fingerprint density at radius 2 is 1.86 bits per heavy atom. The van der Waals surface area contributed by atoms with Gasteiger partial charge in [-0.25, -0.2) is 0 Å². The van der Waals surface area contributed by atoms with Gasteiger partial charge in [0.2, 0.25) is 0 Å². The number of rotatable bonds is 6. The molecule has 0 aliphatic heterocycles. The van der Waals surface area contributed by atoms with Gasteiger partial charge in [-0.3, -0.25) is 4.98 Å². The first-order chi connectivity index (χ1) is 13.8. The molecule has 0 spiro atoms. The van der Waals surface area contributed by atoms with E-state index in [1.165, 1.54) is 18.4 Å². The average molecular weight is 429 g/mol. The maximum Gasteiger partial charge on any atom is 0.290 e. The molecule has 3 rings (SSSR count). The third-order valence-corrected chi connectivity index (χ3v) is 6.77. The van der Waals surface area contributed by atoms with E-state index in [2.05, 4.69) is 23.9 Å². The van der Waals surface area contributed by atoms with Crippen molar-refractivity contribution in [3.63, 3.8) is 0 Å². The number of hydrogen-bond donors (Lipinski definition) is 1. The molecule has 0 unspecified atom stereocenters. The van der Waals surface area contributed by atoms with E-state index in [1.807, 2.05) is 42.5 Å². The van der Waals surface area contributed by atoms with Gasteiger partial charge in [0.25, 0.3) is 10.2 Å². The van der Waals surface area contributed by atoms with E-state index in [-0.39, 0.29) is 6.54 Å². The van der Waals surface area contributed by atoms with Crippen LogP contribution in [0.25, 0.3) is 22.0 Å². The topological polar surface area (TPSA) is 86.5 Å². The molecule has 0 saturated carbocycles. The van der Waals surface area contributed by atoms with Crippen molar-refractivity contribution in [1.29, 1.82) is 5.26 Å². The van der Waals surface area contributed by atoms with E-state index in [1.54, 1.807) is 13.3 Å². The number of fused-ring (bicyclic) bond motifs is 1. The van der Waals surface area contributed by atoms with Gasteiger partial charge >= 0.3 is 0 Å². The van der Waals surface area contributed by atoms with Crippen molar-refractivity contribution in [3.05, 3.63) is 59.8 Å². The number of pyridine rings is 1. The molecule has 7 nitrogen and oxygen atoms in total. The van der Waals surface area contributed by atoms with E-state index in [9.17, 15) is 13.7 Å². The molecule has 29 heavy (non-hydrogen) atoms. The van der Waals surface area contributed by atoms with Gasteiger partial charge in [0.1, 0.15) is 11.8 Å². The predicted molar refractivity (Wildman–Crippen MR) is 116 cm³/mol. The van der Waals surface area contributed by atoms with Crippen molar-refractivity contribution >= 4 is 33.9 Å². The summed E-state index contributed by atoms with van der Waals surface area (Å²) in [4.78, 5) is 4.35. The molecule has 1 aromatic heterocycles. The third-order valence-electron chi connectivity index (χ3n) is 4.57. The molecule has 9 heteroatoms. The molecule has 0 fully saturated rings. The van der Waals surface area contributed by atoms with Crippen LogP contribution >= 0.6 is 12.8 Å². The Labute approximate surface area is 175 Å². The highest BCUT2D eigenvalue weighted by atomic mass is 32.3. The van der Waals surface area contributed by atoms with Crippen LogP contribution in [0.5, 0.6) is 5.75 Å². The summed E-state index contributed by atoms with van der Waals surface area (Å²) < 4.78 is 31.7. The van der Waals surface area contributed by atoms with Crippen LogP contribution in [0.4, 0.5) is 0 Å². The molecule has 150 valence electrons. The number of hydrogen-bond acceptors (Lipinski definition) is 6. The summed E-state index contributed by atoms with van der Waals surface area (Å²) in [5.41, 5.74) is 3.62. The summed E-state index contributed by atoms with van der Waals surface area (Å²) in [6.45, 7) is 0.198. The lowest BCUT2D eigenvalue weighted by Crippen LogP contribution is -2.34. The highest BCUT2D eigenvalue weighted by Crippen LogP contribution is 2.33. The molecule has 2 aromatic carbocycles. The van der Waals surface area contributed by atoms with Crippen LogP contribution in [-0.4, -0.2) is 42.6 Å². The Morgan fingerprint density at radius 3 is 2.45 bits per heavy atom. The molecule has 1 heterocycles. The van der Waals surface area contributed by atoms with Gasteiger partial charge in [-0.05, 0) is 29.3 Å². The standard InChI is InChI=1S/C20H20N4O3S2/c1-23(29(25,26)24(2)28)13-14-4-6-15(7-5-14)20-16(11-21)12-22-19-9-8-17(27-3)10-18(19)20/h4-10,12,28H,13H2,1-3H3. The summed E-state index contributed by atoms with van der Waals surface area (Å²) in [5, 5.41) is 10.4. The fourth-order valence-electron chi connectivity index (χ4n) is 3.01. The molecular formula is C20H20N4O3S2. The molecular weight excluding hydrogens is 408 g/mol. The van der Waals surface area contributed by atoms with Gasteiger partial charge in [0, 0.05) is 37.8 Å². The molecule has 0 N–H and O–H groups in total. The Hall–Kier alpha value is -2.64. The van der Waals surface area contributed by atoms with Gasteiger partial charge in [0.05, 0.1) is 18.2 Å². The molecule has 0 atom stereocenters. The summed E-state index contributed by atoms with van der Waals surface area (Å²) in [6, 6.07) is 15.1. The zero-order chi connectivity index (χ0) is 21.2. The average Bonchev–Trinajstić information content (AvgIpc) is 2.72. The van der Waals surface area contributed by atoms with E-state index < -0.39 is 10.2 Å². The SMILES string of the molecule is COc1ccc2ncc(C#N)c(-c3ccc(CN(C)S(=O)(=O)N(C)S)cc3)c2c1. The number of methoxy groups -OCH3 is 1. The summed E-state index contributed by atoms with van der Waals surface area (Å²) in [6.07, 6.45) is 1.56. The number of thiol groups is 1. The number of aromatic nitrogens is 1. The Kier molecular flexibility index (Phi) is 6.10. The fourth-order valence-corrected chi connectivity index (χ4v) is 4.10. The second-order valence-electron chi connectivity index (χ2n) is 6.44. The molecule has 0 aliphatic rings. The van der Waals surface area contributed by atoms with Crippen molar-refractivity contribution in [3.8, 4) is 22.9 Å². The maximum atomic E-state index is 12.1. The van der Waals surface area contributed by atoms with Crippen LogP contribution < -0.4 is 4.74 Å². The van der Waals surface area contributed by atoms with Crippen molar-refractivity contribution in [2.24, 2.45) is 0 Å². The molecule has 3 aromatic rings. The van der Waals surface area contributed by atoms with Gasteiger partial charge in [-0.15, -0.1) is 3.71 Å². The molecule has 0 amide bonds. The molecule has 0 aliphatic carbocycles. The zero-order valence-electron chi connectivity index (χ0n) is 16.2. The van der Waals surface area contributed by atoms with Gasteiger partial charge in [0.15, 0.2) is 0 Å².